The van der Waals surface area contributed by atoms with Crippen molar-refractivity contribution in [3.8, 4) is 11.8 Å². The van der Waals surface area contributed by atoms with E-state index < -0.39 is 4.92 Å². The molecular weight excluding hydrogens is 236 g/mol. The van der Waals surface area contributed by atoms with Gasteiger partial charge in [-0.3, -0.25) is 10.1 Å². The fourth-order valence-corrected chi connectivity index (χ4v) is 1.40. The van der Waals surface area contributed by atoms with E-state index in [-0.39, 0.29) is 17.9 Å². The van der Waals surface area contributed by atoms with Crippen LogP contribution in [-0.2, 0) is 6.61 Å². The molecule has 0 saturated heterocycles. The quantitative estimate of drug-likeness (QED) is 0.609. The van der Waals surface area contributed by atoms with Crippen LogP contribution in [0, 0.1) is 21.4 Å². The van der Waals surface area contributed by atoms with Crippen molar-refractivity contribution >= 4 is 5.69 Å². The Labute approximate surface area is 102 Å². The molecular formula is C12H8N2O4. The van der Waals surface area contributed by atoms with Gasteiger partial charge in [0.15, 0.2) is 0 Å². The molecule has 0 aliphatic carbocycles. The minimum atomic E-state index is -0.613. The minimum absolute atomic E-state index is 0.00495. The number of nitrogens with zero attached hydrogens (tertiary/aromatic N) is 2. The zero-order valence-corrected chi connectivity index (χ0v) is 9.20. The zero-order valence-electron chi connectivity index (χ0n) is 9.20. The fraction of sp³-hybridized carbons (Fsp3) is 0.0833. The highest BCUT2D eigenvalue weighted by Crippen LogP contribution is 2.24. The van der Waals surface area contributed by atoms with Gasteiger partial charge in [-0.1, -0.05) is 0 Å². The summed E-state index contributed by atoms with van der Waals surface area (Å²) in [7, 11) is 0. The molecule has 6 nitrogen and oxygen atoms in total. The van der Waals surface area contributed by atoms with E-state index in [1.165, 1.54) is 24.5 Å². The second-order valence-corrected chi connectivity index (χ2v) is 3.42. The average Bonchev–Trinajstić information content (AvgIpc) is 2.89. The van der Waals surface area contributed by atoms with Crippen molar-refractivity contribution in [1.82, 2.24) is 0 Å². The van der Waals surface area contributed by atoms with Gasteiger partial charge in [-0.15, -0.1) is 0 Å². The Balaban J connectivity index is 2.17. The number of nitro groups is 1. The van der Waals surface area contributed by atoms with E-state index in [2.05, 4.69) is 0 Å². The molecule has 90 valence electrons. The molecule has 0 saturated carbocycles. The highest BCUT2D eigenvalue weighted by molar-refractivity contribution is 5.52. The van der Waals surface area contributed by atoms with Crippen LogP contribution in [-0.4, -0.2) is 4.92 Å². The Hall–Kier alpha value is -2.81. The van der Waals surface area contributed by atoms with Crippen molar-refractivity contribution in [3.63, 3.8) is 0 Å². The van der Waals surface area contributed by atoms with Gasteiger partial charge < -0.3 is 9.15 Å². The van der Waals surface area contributed by atoms with Gasteiger partial charge in [-0.25, -0.2) is 0 Å². The summed E-state index contributed by atoms with van der Waals surface area (Å²) >= 11 is 0. The van der Waals surface area contributed by atoms with Crippen LogP contribution in [0.3, 0.4) is 0 Å². The van der Waals surface area contributed by atoms with Crippen molar-refractivity contribution in [3.05, 3.63) is 58.0 Å². The van der Waals surface area contributed by atoms with Crippen molar-refractivity contribution in [2.24, 2.45) is 0 Å². The first-order valence-electron chi connectivity index (χ1n) is 5.04. The SMILES string of the molecule is N#Cc1ccc(OCc2ccco2)cc1[N+](=O)[O-]. The number of nitro benzene ring substituents is 1. The summed E-state index contributed by atoms with van der Waals surface area (Å²) in [5.74, 6) is 0.930. The van der Waals surface area contributed by atoms with Gasteiger partial charge in [0.05, 0.1) is 17.3 Å². The standard InChI is InChI=1S/C12H8N2O4/c13-7-9-3-4-10(6-12(9)14(15)16)18-8-11-2-1-5-17-11/h1-6H,8H2. The smallest absolute Gasteiger partial charge is 0.290 e. The number of benzene rings is 1. The average molecular weight is 244 g/mol. The summed E-state index contributed by atoms with van der Waals surface area (Å²) in [6.45, 7) is 0.177. The number of ether oxygens (including phenoxy) is 1. The summed E-state index contributed by atoms with van der Waals surface area (Å²) in [4.78, 5) is 10.1. The van der Waals surface area contributed by atoms with Gasteiger partial charge >= 0.3 is 0 Å². The number of rotatable bonds is 4. The molecule has 18 heavy (non-hydrogen) atoms. The van der Waals surface area contributed by atoms with Crippen molar-refractivity contribution in [2.45, 2.75) is 6.61 Å². The van der Waals surface area contributed by atoms with Gasteiger partial charge in [0.2, 0.25) is 0 Å². The number of hydrogen-bond acceptors (Lipinski definition) is 5. The second-order valence-electron chi connectivity index (χ2n) is 3.42. The lowest BCUT2D eigenvalue weighted by Crippen LogP contribution is -1.97. The van der Waals surface area contributed by atoms with Crippen molar-refractivity contribution < 1.29 is 14.1 Å². The van der Waals surface area contributed by atoms with Gasteiger partial charge in [0.25, 0.3) is 5.69 Å². The summed E-state index contributed by atoms with van der Waals surface area (Å²) in [5, 5.41) is 19.5. The number of furan rings is 1. The van der Waals surface area contributed by atoms with Crippen LogP contribution in [0.5, 0.6) is 5.75 Å². The molecule has 0 aliphatic rings. The molecule has 0 aliphatic heterocycles. The van der Waals surface area contributed by atoms with Crippen molar-refractivity contribution in [2.75, 3.05) is 0 Å². The van der Waals surface area contributed by atoms with Crippen LogP contribution >= 0.6 is 0 Å². The molecule has 2 rings (SSSR count). The van der Waals surface area contributed by atoms with E-state index in [1.54, 1.807) is 18.2 Å². The Morgan fingerprint density at radius 1 is 1.44 bits per heavy atom. The molecule has 1 aromatic carbocycles. The normalized spacial score (nSPS) is 9.72. The van der Waals surface area contributed by atoms with Crippen LogP contribution in [0.1, 0.15) is 11.3 Å². The van der Waals surface area contributed by atoms with E-state index in [4.69, 9.17) is 14.4 Å². The minimum Gasteiger partial charge on any atom is -0.485 e. The third-order valence-electron chi connectivity index (χ3n) is 2.25. The summed E-state index contributed by atoms with van der Waals surface area (Å²) in [6, 6.07) is 9.30. The maximum atomic E-state index is 10.7. The first-order valence-corrected chi connectivity index (χ1v) is 5.04. The van der Waals surface area contributed by atoms with Gasteiger partial charge in [-0.05, 0) is 24.3 Å². The molecule has 0 radical (unpaired) electrons. The molecule has 1 aromatic heterocycles. The molecule has 0 atom stereocenters. The van der Waals surface area contributed by atoms with E-state index in [0.717, 1.165) is 0 Å². The third-order valence-corrected chi connectivity index (χ3v) is 2.25. The Morgan fingerprint density at radius 2 is 2.28 bits per heavy atom. The molecule has 0 N–H and O–H groups in total. The van der Waals surface area contributed by atoms with Crippen LogP contribution < -0.4 is 4.74 Å². The first kappa shape index (κ1) is 11.7. The fourth-order valence-electron chi connectivity index (χ4n) is 1.40. The van der Waals surface area contributed by atoms with E-state index in [9.17, 15) is 10.1 Å². The Kier molecular flexibility index (Phi) is 3.25. The molecule has 2 aromatic rings. The maximum Gasteiger partial charge on any atom is 0.290 e. The number of nitriles is 1. The Bertz CT molecular complexity index is 599. The lowest BCUT2D eigenvalue weighted by molar-refractivity contribution is -0.385. The molecule has 0 unspecified atom stereocenters. The predicted molar refractivity (Wildman–Crippen MR) is 60.9 cm³/mol. The van der Waals surface area contributed by atoms with E-state index >= 15 is 0 Å². The zero-order chi connectivity index (χ0) is 13.0. The highest BCUT2D eigenvalue weighted by Gasteiger charge is 2.14. The molecule has 0 fully saturated rings. The second kappa shape index (κ2) is 5.01. The van der Waals surface area contributed by atoms with Crippen LogP contribution in [0.4, 0.5) is 5.69 Å². The van der Waals surface area contributed by atoms with Crippen LogP contribution in [0.2, 0.25) is 0 Å². The topological polar surface area (TPSA) is 89.3 Å². The van der Waals surface area contributed by atoms with E-state index in [0.29, 0.717) is 11.5 Å². The van der Waals surface area contributed by atoms with Crippen LogP contribution in [0.25, 0.3) is 0 Å². The molecule has 0 bridgehead atoms. The molecule has 0 amide bonds. The van der Waals surface area contributed by atoms with Gasteiger partial charge in [-0.2, -0.15) is 5.26 Å². The lowest BCUT2D eigenvalue weighted by atomic mass is 10.2. The van der Waals surface area contributed by atoms with Crippen LogP contribution in [0.15, 0.2) is 41.0 Å². The lowest BCUT2D eigenvalue weighted by Gasteiger charge is -2.04. The van der Waals surface area contributed by atoms with Gasteiger partial charge in [0.1, 0.15) is 29.7 Å². The highest BCUT2D eigenvalue weighted by atomic mass is 16.6. The molecule has 1 heterocycles. The van der Waals surface area contributed by atoms with Gasteiger partial charge in [0, 0.05) is 0 Å². The molecule has 6 heteroatoms. The summed E-state index contributed by atoms with van der Waals surface area (Å²) < 4.78 is 10.4. The van der Waals surface area contributed by atoms with E-state index in [1.807, 2.05) is 0 Å². The maximum absolute atomic E-state index is 10.7. The monoisotopic (exact) mass is 244 g/mol. The Morgan fingerprint density at radius 3 is 2.89 bits per heavy atom. The summed E-state index contributed by atoms with van der Waals surface area (Å²) in [5.41, 5.74) is -0.264. The number of hydrogen-bond donors (Lipinski definition) is 0. The largest absolute Gasteiger partial charge is 0.485 e. The predicted octanol–water partition coefficient (Wildman–Crippen LogP) is 2.64. The summed E-state index contributed by atoms with van der Waals surface area (Å²) in [6.07, 6.45) is 1.51. The van der Waals surface area contributed by atoms with Crippen molar-refractivity contribution in [1.29, 1.82) is 5.26 Å². The first-order chi connectivity index (χ1) is 8.70. The molecule has 0 spiro atoms. The third kappa shape index (κ3) is 2.47.